The topological polar surface area (TPSA) is 46.8 Å². The summed E-state index contributed by atoms with van der Waals surface area (Å²) in [5.74, 6) is 0.933. The zero-order valence-electron chi connectivity index (χ0n) is 11.9. The van der Waals surface area contributed by atoms with Crippen LogP contribution >= 0.6 is 22.9 Å². The fourth-order valence-corrected chi connectivity index (χ4v) is 3.08. The maximum atomic E-state index is 5.98. The summed E-state index contributed by atoms with van der Waals surface area (Å²) in [6.07, 6.45) is 2.25. The van der Waals surface area contributed by atoms with Gasteiger partial charge in [-0.25, -0.2) is 4.68 Å². The monoisotopic (exact) mass is 313 g/mol. The molecule has 20 heavy (non-hydrogen) atoms. The molecule has 2 heterocycles. The van der Waals surface area contributed by atoms with E-state index < -0.39 is 0 Å². The Bertz CT molecular complexity index is 524. The number of unbranched alkanes of at least 4 members (excludes halogenated alkanes) is 1. The van der Waals surface area contributed by atoms with Crippen LogP contribution in [-0.4, -0.2) is 31.7 Å². The minimum Gasteiger partial charge on any atom is -0.291 e. The highest BCUT2D eigenvalue weighted by Crippen LogP contribution is 2.23. The number of nitrogens with zero attached hydrogens (tertiary/aromatic N) is 5. The molecular formula is C13H20ClN5S. The number of tetrazole rings is 1. The molecule has 0 unspecified atom stereocenters. The summed E-state index contributed by atoms with van der Waals surface area (Å²) in [5, 5.41) is 12.0. The van der Waals surface area contributed by atoms with Gasteiger partial charge in [-0.1, -0.05) is 31.9 Å². The van der Waals surface area contributed by atoms with E-state index in [2.05, 4.69) is 40.3 Å². The predicted molar refractivity (Wildman–Crippen MR) is 81.8 cm³/mol. The number of hydrogen-bond acceptors (Lipinski definition) is 5. The number of aromatic nitrogens is 4. The van der Waals surface area contributed by atoms with Crippen molar-refractivity contribution in [2.45, 2.75) is 46.3 Å². The molecule has 0 atom stereocenters. The van der Waals surface area contributed by atoms with Crippen molar-refractivity contribution in [2.75, 3.05) is 6.54 Å². The standard InChI is InChI=1S/C13H20ClN5S/c1-3-5-8-19-13(15-16-17-19)10-18(4-2)9-11-6-7-12(14)20-11/h6-7H,3-5,8-10H2,1-2H3. The molecule has 0 aromatic carbocycles. The van der Waals surface area contributed by atoms with Gasteiger partial charge in [0.15, 0.2) is 5.82 Å². The molecule has 0 N–H and O–H groups in total. The van der Waals surface area contributed by atoms with Gasteiger partial charge in [0.2, 0.25) is 0 Å². The SMILES string of the molecule is CCCCn1nnnc1CN(CC)Cc1ccc(Cl)s1. The van der Waals surface area contributed by atoms with Gasteiger partial charge in [-0.15, -0.1) is 16.4 Å². The molecule has 7 heteroatoms. The second kappa shape index (κ2) is 7.71. The molecule has 0 bridgehead atoms. The minimum atomic E-state index is 0.767. The molecule has 0 amide bonds. The first-order valence-electron chi connectivity index (χ1n) is 6.94. The lowest BCUT2D eigenvalue weighted by Gasteiger charge is -2.18. The lowest BCUT2D eigenvalue weighted by atomic mass is 10.3. The van der Waals surface area contributed by atoms with Gasteiger partial charge in [0, 0.05) is 18.0 Å². The first kappa shape index (κ1) is 15.4. The van der Waals surface area contributed by atoms with Gasteiger partial charge >= 0.3 is 0 Å². The highest BCUT2D eigenvalue weighted by Gasteiger charge is 2.12. The quantitative estimate of drug-likeness (QED) is 0.751. The van der Waals surface area contributed by atoms with E-state index in [4.69, 9.17) is 11.6 Å². The molecule has 0 saturated carbocycles. The van der Waals surface area contributed by atoms with E-state index in [9.17, 15) is 0 Å². The first-order valence-corrected chi connectivity index (χ1v) is 8.14. The highest BCUT2D eigenvalue weighted by molar-refractivity contribution is 7.16. The van der Waals surface area contributed by atoms with E-state index in [-0.39, 0.29) is 0 Å². The summed E-state index contributed by atoms with van der Waals surface area (Å²) in [7, 11) is 0. The van der Waals surface area contributed by atoms with E-state index in [0.29, 0.717) is 0 Å². The zero-order valence-corrected chi connectivity index (χ0v) is 13.5. The molecule has 2 aromatic rings. The smallest absolute Gasteiger partial charge is 0.165 e. The van der Waals surface area contributed by atoms with E-state index in [1.165, 1.54) is 4.88 Å². The summed E-state index contributed by atoms with van der Waals surface area (Å²) >= 11 is 7.60. The summed E-state index contributed by atoms with van der Waals surface area (Å²) < 4.78 is 2.75. The maximum Gasteiger partial charge on any atom is 0.165 e. The zero-order chi connectivity index (χ0) is 14.4. The van der Waals surface area contributed by atoms with Crippen LogP contribution in [0.4, 0.5) is 0 Å². The van der Waals surface area contributed by atoms with E-state index in [1.807, 2.05) is 10.7 Å². The minimum absolute atomic E-state index is 0.767. The molecule has 5 nitrogen and oxygen atoms in total. The summed E-state index contributed by atoms with van der Waals surface area (Å²) in [6, 6.07) is 4.02. The van der Waals surface area contributed by atoms with Crippen LogP contribution in [0.3, 0.4) is 0 Å². The number of rotatable bonds is 8. The Morgan fingerprint density at radius 2 is 2.15 bits per heavy atom. The Morgan fingerprint density at radius 3 is 2.80 bits per heavy atom. The summed E-state index contributed by atoms with van der Waals surface area (Å²) in [4.78, 5) is 3.58. The Kier molecular flexibility index (Phi) is 5.94. The third-order valence-electron chi connectivity index (χ3n) is 3.15. The molecule has 0 saturated heterocycles. The Hall–Kier alpha value is -0.980. The van der Waals surface area contributed by atoms with Gasteiger partial charge in [0.05, 0.1) is 10.9 Å². The van der Waals surface area contributed by atoms with Crippen molar-refractivity contribution in [3.8, 4) is 0 Å². The van der Waals surface area contributed by atoms with Crippen LogP contribution in [0, 0.1) is 0 Å². The maximum absolute atomic E-state index is 5.98. The number of hydrogen-bond donors (Lipinski definition) is 0. The Labute approximate surface area is 128 Å². The first-order chi connectivity index (χ1) is 9.72. The van der Waals surface area contributed by atoms with Crippen LogP contribution in [-0.2, 0) is 19.6 Å². The molecule has 110 valence electrons. The van der Waals surface area contributed by atoms with E-state index >= 15 is 0 Å². The molecule has 0 aliphatic rings. The average molecular weight is 314 g/mol. The second-order valence-electron chi connectivity index (χ2n) is 4.68. The van der Waals surface area contributed by atoms with Crippen molar-refractivity contribution < 1.29 is 0 Å². The van der Waals surface area contributed by atoms with Crippen molar-refractivity contribution in [2.24, 2.45) is 0 Å². The summed E-state index contributed by atoms with van der Waals surface area (Å²) in [5.41, 5.74) is 0. The van der Waals surface area contributed by atoms with Gasteiger partial charge in [-0.3, -0.25) is 4.90 Å². The van der Waals surface area contributed by atoms with Crippen molar-refractivity contribution in [1.29, 1.82) is 0 Å². The molecular weight excluding hydrogens is 294 g/mol. The number of halogens is 1. The van der Waals surface area contributed by atoms with E-state index in [0.717, 1.165) is 49.2 Å². The number of aryl methyl sites for hydroxylation is 1. The fourth-order valence-electron chi connectivity index (χ4n) is 1.95. The van der Waals surface area contributed by atoms with Crippen LogP contribution in [0.15, 0.2) is 12.1 Å². The Morgan fingerprint density at radius 1 is 1.30 bits per heavy atom. The van der Waals surface area contributed by atoms with Crippen LogP contribution in [0.1, 0.15) is 37.4 Å². The predicted octanol–water partition coefficient (Wildman–Crippen LogP) is 3.21. The van der Waals surface area contributed by atoms with Crippen molar-refractivity contribution >= 4 is 22.9 Å². The van der Waals surface area contributed by atoms with Gasteiger partial charge in [-0.2, -0.15) is 0 Å². The van der Waals surface area contributed by atoms with Gasteiger partial charge in [-0.05, 0) is 35.5 Å². The summed E-state index contributed by atoms with van der Waals surface area (Å²) in [6.45, 7) is 7.81. The number of thiophene rings is 1. The third kappa shape index (κ3) is 4.26. The molecule has 0 radical (unpaired) electrons. The highest BCUT2D eigenvalue weighted by atomic mass is 35.5. The second-order valence-corrected chi connectivity index (χ2v) is 6.48. The Balaban J connectivity index is 1.97. The van der Waals surface area contributed by atoms with Gasteiger partial charge in [0.1, 0.15) is 0 Å². The molecule has 0 fully saturated rings. The van der Waals surface area contributed by atoms with Crippen LogP contribution in [0.25, 0.3) is 0 Å². The van der Waals surface area contributed by atoms with Gasteiger partial charge < -0.3 is 0 Å². The molecule has 0 spiro atoms. The van der Waals surface area contributed by atoms with E-state index in [1.54, 1.807) is 11.3 Å². The van der Waals surface area contributed by atoms with Gasteiger partial charge in [0.25, 0.3) is 0 Å². The van der Waals surface area contributed by atoms with Crippen molar-refractivity contribution in [1.82, 2.24) is 25.1 Å². The van der Waals surface area contributed by atoms with Crippen LogP contribution in [0.5, 0.6) is 0 Å². The molecule has 2 aromatic heterocycles. The van der Waals surface area contributed by atoms with Crippen molar-refractivity contribution in [3.05, 3.63) is 27.2 Å². The largest absolute Gasteiger partial charge is 0.291 e. The average Bonchev–Trinajstić information content (AvgIpc) is 3.05. The molecule has 0 aliphatic heterocycles. The lowest BCUT2D eigenvalue weighted by Crippen LogP contribution is -2.24. The molecule has 0 aliphatic carbocycles. The third-order valence-corrected chi connectivity index (χ3v) is 4.37. The fraction of sp³-hybridized carbons (Fsp3) is 0.615. The normalized spacial score (nSPS) is 11.4. The van der Waals surface area contributed by atoms with Crippen LogP contribution in [0.2, 0.25) is 4.34 Å². The lowest BCUT2D eigenvalue weighted by molar-refractivity contribution is 0.260. The van der Waals surface area contributed by atoms with Crippen molar-refractivity contribution in [3.63, 3.8) is 0 Å². The van der Waals surface area contributed by atoms with Crippen LogP contribution < -0.4 is 0 Å². The molecule has 2 rings (SSSR count).